The van der Waals surface area contributed by atoms with Crippen LogP contribution in [0.5, 0.6) is 5.75 Å². The number of fused-ring (bicyclic) bond motifs is 1. The highest BCUT2D eigenvalue weighted by Crippen LogP contribution is 2.23. The summed E-state index contributed by atoms with van der Waals surface area (Å²) in [6, 6.07) is 23.0. The van der Waals surface area contributed by atoms with Gasteiger partial charge in [-0.25, -0.2) is 4.68 Å². The van der Waals surface area contributed by atoms with Crippen LogP contribution in [0, 0.1) is 0 Å². The molecule has 0 bridgehead atoms. The Morgan fingerprint density at radius 1 is 0.933 bits per heavy atom. The highest BCUT2D eigenvalue weighted by atomic mass is 16.5. The zero-order chi connectivity index (χ0) is 21.1. The van der Waals surface area contributed by atoms with E-state index in [2.05, 4.69) is 41.6 Å². The van der Waals surface area contributed by atoms with Gasteiger partial charge in [-0.1, -0.05) is 55.5 Å². The fraction of sp³-hybridized carbons (Fsp3) is 0.208. The highest BCUT2D eigenvalue weighted by molar-refractivity contribution is 5.94. The number of benzene rings is 3. The van der Waals surface area contributed by atoms with E-state index in [1.807, 2.05) is 36.4 Å². The molecule has 0 spiro atoms. The van der Waals surface area contributed by atoms with Crippen molar-refractivity contribution in [2.45, 2.75) is 25.9 Å². The van der Waals surface area contributed by atoms with E-state index in [1.165, 1.54) is 5.56 Å². The Bertz CT molecular complexity index is 1150. The molecular formula is C24H24N4O2. The van der Waals surface area contributed by atoms with Crippen LogP contribution in [-0.4, -0.2) is 28.0 Å². The van der Waals surface area contributed by atoms with Crippen LogP contribution in [0.25, 0.3) is 11.0 Å². The lowest BCUT2D eigenvalue weighted by Gasteiger charge is -2.21. The summed E-state index contributed by atoms with van der Waals surface area (Å²) in [5, 5.41) is 11.7. The molecule has 4 rings (SSSR count). The summed E-state index contributed by atoms with van der Waals surface area (Å²) in [6.07, 6.45) is -0.492. The van der Waals surface area contributed by atoms with Crippen molar-refractivity contribution in [1.82, 2.24) is 20.3 Å². The lowest BCUT2D eigenvalue weighted by molar-refractivity contribution is 0.0927. The van der Waals surface area contributed by atoms with Crippen LogP contribution in [0.15, 0.2) is 72.8 Å². The SMILES string of the molecule is COc1ccc(C(=O)N[C@@H](c2ccc(C(C)C)cc2)n2nnc3ccccc32)cc1. The lowest BCUT2D eigenvalue weighted by atomic mass is 10.0. The Morgan fingerprint density at radius 2 is 1.60 bits per heavy atom. The van der Waals surface area contributed by atoms with Crippen molar-refractivity contribution in [3.05, 3.63) is 89.5 Å². The van der Waals surface area contributed by atoms with E-state index in [1.54, 1.807) is 36.1 Å². The number of carbonyl (C=O) groups excluding carboxylic acids is 1. The van der Waals surface area contributed by atoms with Gasteiger partial charge < -0.3 is 10.1 Å². The van der Waals surface area contributed by atoms with E-state index in [9.17, 15) is 4.79 Å². The van der Waals surface area contributed by atoms with Crippen LogP contribution in [0.3, 0.4) is 0 Å². The van der Waals surface area contributed by atoms with E-state index < -0.39 is 6.17 Å². The van der Waals surface area contributed by atoms with Gasteiger partial charge >= 0.3 is 0 Å². The van der Waals surface area contributed by atoms with Crippen molar-refractivity contribution in [2.75, 3.05) is 7.11 Å². The van der Waals surface area contributed by atoms with Crippen LogP contribution >= 0.6 is 0 Å². The van der Waals surface area contributed by atoms with Crippen LogP contribution in [0.2, 0.25) is 0 Å². The topological polar surface area (TPSA) is 69.0 Å². The molecule has 4 aromatic rings. The van der Waals surface area contributed by atoms with Crippen molar-refractivity contribution >= 4 is 16.9 Å². The molecule has 0 aliphatic carbocycles. The van der Waals surface area contributed by atoms with Crippen molar-refractivity contribution in [1.29, 1.82) is 0 Å². The molecule has 0 fully saturated rings. The van der Waals surface area contributed by atoms with Crippen LogP contribution in [0.1, 0.15) is 47.4 Å². The molecule has 30 heavy (non-hydrogen) atoms. The predicted octanol–water partition coefficient (Wildman–Crippen LogP) is 4.54. The van der Waals surface area contributed by atoms with Gasteiger partial charge in [-0.15, -0.1) is 5.10 Å². The number of nitrogens with zero attached hydrogens (tertiary/aromatic N) is 3. The smallest absolute Gasteiger partial charge is 0.253 e. The number of aromatic nitrogens is 3. The van der Waals surface area contributed by atoms with E-state index >= 15 is 0 Å². The number of amides is 1. The van der Waals surface area contributed by atoms with Crippen LogP contribution < -0.4 is 10.1 Å². The monoisotopic (exact) mass is 400 g/mol. The number of rotatable bonds is 6. The average molecular weight is 400 g/mol. The predicted molar refractivity (Wildman–Crippen MR) is 117 cm³/mol. The molecule has 6 heteroatoms. The van der Waals surface area contributed by atoms with Gasteiger partial charge in [0.15, 0.2) is 6.17 Å². The van der Waals surface area contributed by atoms with E-state index in [0.717, 1.165) is 16.6 Å². The van der Waals surface area contributed by atoms with Gasteiger partial charge in [0.05, 0.1) is 12.6 Å². The molecule has 0 radical (unpaired) electrons. The van der Waals surface area contributed by atoms with Gasteiger partial charge in [0, 0.05) is 5.56 Å². The van der Waals surface area contributed by atoms with E-state index in [4.69, 9.17) is 4.74 Å². The molecule has 0 aliphatic heterocycles. The Labute approximate surface area is 175 Å². The molecule has 1 aromatic heterocycles. The second-order valence-electron chi connectivity index (χ2n) is 7.45. The highest BCUT2D eigenvalue weighted by Gasteiger charge is 2.21. The molecule has 6 nitrogen and oxygen atoms in total. The molecular weight excluding hydrogens is 376 g/mol. The Hall–Kier alpha value is -3.67. The molecule has 1 amide bonds. The quantitative estimate of drug-likeness (QED) is 0.516. The summed E-state index contributed by atoms with van der Waals surface area (Å²) in [4.78, 5) is 13.0. The van der Waals surface area contributed by atoms with Gasteiger partial charge in [0.2, 0.25) is 0 Å². The summed E-state index contributed by atoms with van der Waals surface area (Å²) < 4.78 is 6.93. The first-order chi connectivity index (χ1) is 14.6. The van der Waals surface area contributed by atoms with Crippen molar-refractivity contribution in [2.24, 2.45) is 0 Å². The Kier molecular flexibility index (Phi) is 5.48. The Morgan fingerprint density at radius 3 is 2.27 bits per heavy atom. The van der Waals surface area contributed by atoms with Gasteiger partial charge in [0.25, 0.3) is 5.91 Å². The second kappa shape index (κ2) is 8.37. The third-order valence-corrected chi connectivity index (χ3v) is 5.16. The minimum Gasteiger partial charge on any atom is -0.497 e. The second-order valence-corrected chi connectivity index (χ2v) is 7.45. The zero-order valence-electron chi connectivity index (χ0n) is 17.2. The van der Waals surface area contributed by atoms with E-state index in [0.29, 0.717) is 17.2 Å². The fourth-order valence-electron chi connectivity index (χ4n) is 3.38. The van der Waals surface area contributed by atoms with Gasteiger partial charge in [-0.05, 0) is 53.4 Å². The van der Waals surface area contributed by atoms with Gasteiger partial charge in [0.1, 0.15) is 11.3 Å². The fourth-order valence-corrected chi connectivity index (χ4v) is 3.38. The molecule has 0 saturated heterocycles. The molecule has 1 N–H and O–H groups in total. The van der Waals surface area contributed by atoms with Crippen LogP contribution in [-0.2, 0) is 0 Å². The third-order valence-electron chi connectivity index (χ3n) is 5.16. The number of nitrogens with one attached hydrogen (secondary N) is 1. The summed E-state index contributed by atoms with van der Waals surface area (Å²) in [5.74, 6) is 0.934. The molecule has 0 saturated carbocycles. The molecule has 0 aliphatic rings. The summed E-state index contributed by atoms with van der Waals surface area (Å²) in [7, 11) is 1.60. The first-order valence-corrected chi connectivity index (χ1v) is 9.91. The summed E-state index contributed by atoms with van der Waals surface area (Å²) >= 11 is 0. The molecule has 1 heterocycles. The molecule has 0 unspecified atom stereocenters. The number of hydrogen-bond acceptors (Lipinski definition) is 4. The minimum atomic E-state index is -0.492. The maximum Gasteiger partial charge on any atom is 0.253 e. The average Bonchev–Trinajstić information content (AvgIpc) is 3.21. The Balaban J connectivity index is 1.72. The summed E-state index contributed by atoms with van der Waals surface area (Å²) in [5.41, 5.74) is 4.34. The maximum atomic E-state index is 13.0. The maximum absolute atomic E-state index is 13.0. The number of hydrogen-bond donors (Lipinski definition) is 1. The van der Waals surface area contributed by atoms with Crippen molar-refractivity contribution in [3.8, 4) is 5.75 Å². The summed E-state index contributed by atoms with van der Waals surface area (Å²) in [6.45, 7) is 4.31. The zero-order valence-corrected chi connectivity index (χ0v) is 17.2. The largest absolute Gasteiger partial charge is 0.497 e. The first kappa shape index (κ1) is 19.6. The van der Waals surface area contributed by atoms with Gasteiger partial charge in [-0.2, -0.15) is 0 Å². The molecule has 152 valence electrons. The molecule has 1 atom stereocenters. The van der Waals surface area contributed by atoms with Gasteiger partial charge in [-0.3, -0.25) is 4.79 Å². The van der Waals surface area contributed by atoms with Crippen LogP contribution in [0.4, 0.5) is 0 Å². The lowest BCUT2D eigenvalue weighted by Crippen LogP contribution is -2.34. The molecule has 3 aromatic carbocycles. The first-order valence-electron chi connectivity index (χ1n) is 9.91. The number of methoxy groups -OCH3 is 1. The third kappa shape index (κ3) is 3.89. The minimum absolute atomic E-state index is 0.199. The number of carbonyl (C=O) groups is 1. The van der Waals surface area contributed by atoms with E-state index in [-0.39, 0.29) is 5.91 Å². The standard InChI is InChI=1S/C24H24N4O2/c1-16(2)17-8-10-18(11-9-17)23(28-22-7-5-4-6-21(22)26-27-28)25-24(29)19-12-14-20(30-3)15-13-19/h4-16,23H,1-3H3,(H,25,29)/t23-/m1/s1. The number of para-hydroxylation sites is 1. The number of ether oxygens (including phenoxy) is 1. The normalized spacial score (nSPS) is 12.1. The van der Waals surface area contributed by atoms with Crippen molar-refractivity contribution in [3.63, 3.8) is 0 Å². The van der Waals surface area contributed by atoms with Crippen molar-refractivity contribution < 1.29 is 9.53 Å².